The summed E-state index contributed by atoms with van der Waals surface area (Å²) >= 11 is 0. The number of aliphatic carboxylic acids is 1. The van der Waals surface area contributed by atoms with Crippen molar-refractivity contribution in [1.29, 1.82) is 0 Å². The van der Waals surface area contributed by atoms with Crippen LogP contribution in [0.3, 0.4) is 0 Å². The molecule has 0 unspecified atom stereocenters. The second kappa shape index (κ2) is 6.40. The molecule has 1 aromatic heterocycles. The van der Waals surface area contributed by atoms with Gasteiger partial charge in [-0.2, -0.15) is 18.3 Å². The Hall–Kier alpha value is -2.84. The predicted octanol–water partition coefficient (Wildman–Crippen LogP) is 3.14. The summed E-state index contributed by atoms with van der Waals surface area (Å²) in [5, 5.41) is 13.1. The number of aryl methyl sites for hydroxylation is 1. The highest BCUT2D eigenvalue weighted by Gasteiger charge is 2.46. The van der Waals surface area contributed by atoms with Crippen LogP contribution in [0, 0.1) is 12.3 Å². The van der Waals surface area contributed by atoms with Crippen LogP contribution in [0.15, 0.2) is 30.5 Å². The number of likely N-dealkylation sites (tertiary alicyclic amines) is 1. The molecule has 2 aromatic rings. The monoisotopic (exact) mass is 381 g/mol. The van der Waals surface area contributed by atoms with Crippen molar-refractivity contribution in [3.8, 4) is 5.69 Å². The van der Waals surface area contributed by atoms with Gasteiger partial charge in [0.25, 0.3) is 5.91 Å². The first kappa shape index (κ1) is 18.9. The van der Waals surface area contributed by atoms with Crippen LogP contribution in [-0.2, 0) is 11.0 Å². The smallest absolute Gasteiger partial charge is 0.434 e. The first-order valence-electron chi connectivity index (χ1n) is 8.28. The summed E-state index contributed by atoms with van der Waals surface area (Å²) in [4.78, 5) is 25.2. The second-order valence-corrected chi connectivity index (χ2v) is 6.95. The molecular formula is C18H18F3N3O3. The summed E-state index contributed by atoms with van der Waals surface area (Å²) in [6.07, 6.45) is -3.73. The minimum atomic E-state index is -4.81. The van der Waals surface area contributed by atoms with Gasteiger partial charge in [0.1, 0.15) is 0 Å². The van der Waals surface area contributed by atoms with Crippen molar-refractivity contribution in [2.75, 3.05) is 13.1 Å². The highest BCUT2D eigenvalue weighted by Crippen LogP contribution is 2.36. The number of hydrogen-bond donors (Lipinski definition) is 1. The van der Waals surface area contributed by atoms with E-state index in [1.807, 2.05) is 0 Å². The number of hydrogen-bond acceptors (Lipinski definition) is 3. The average molecular weight is 381 g/mol. The van der Waals surface area contributed by atoms with Crippen LogP contribution in [0.2, 0.25) is 0 Å². The molecule has 9 heteroatoms. The van der Waals surface area contributed by atoms with Gasteiger partial charge in [-0.3, -0.25) is 9.59 Å². The van der Waals surface area contributed by atoms with E-state index in [0.717, 1.165) is 15.8 Å². The van der Waals surface area contributed by atoms with Crippen LogP contribution in [0.1, 0.15) is 35.0 Å². The lowest BCUT2D eigenvalue weighted by Crippen LogP contribution is -2.35. The topological polar surface area (TPSA) is 75.4 Å². The Morgan fingerprint density at radius 1 is 1.26 bits per heavy atom. The first-order chi connectivity index (χ1) is 12.5. The molecule has 0 radical (unpaired) electrons. The van der Waals surface area contributed by atoms with Gasteiger partial charge in [0.15, 0.2) is 5.69 Å². The molecule has 1 amide bonds. The van der Waals surface area contributed by atoms with Crippen LogP contribution in [0.25, 0.3) is 5.69 Å². The SMILES string of the molecule is Cc1ccccc1-n1ncc(C(=O)N2CC[C@@](C)(C(=O)O)C2)c1C(F)(F)F. The van der Waals surface area contributed by atoms with E-state index in [1.165, 1.54) is 13.0 Å². The summed E-state index contributed by atoms with van der Waals surface area (Å²) in [5.74, 6) is -1.95. The molecule has 3 rings (SSSR count). The maximum absolute atomic E-state index is 13.8. The predicted molar refractivity (Wildman–Crippen MR) is 89.6 cm³/mol. The minimum Gasteiger partial charge on any atom is -0.481 e. The first-order valence-corrected chi connectivity index (χ1v) is 8.28. The van der Waals surface area contributed by atoms with E-state index in [1.54, 1.807) is 25.1 Å². The Morgan fingerprint density at radius 3 is 2.48 bits per heavy atom. The van der Waals surface area contributed by atoms with E-state index in [9.17, 15) is 27.9 Å². The standard InChI is InChI=1S/C18H18F3N3O3/c1-11-5-3-4-6-13(11)24-14(18(19,20)21)12(9-22-24)15(25)23-8-7-17(2,10-23)16(26)27/h3-6,9H,7-8,10H2,1-2H3,(H,26,27)/t17-/m1/s1. The lowest BCUT2D eigenvalue weighted by atomic mass is 9.90. The molecule has 0 aliphatic carbocycles. The zero-order chi connectivity index (χ0) is 20.0. The van der Waals surface area contributed by atoms with E-state index in [0.29, 0.717) is 5.56 Å². The summed E-state index contributed by atoms with van der Waals surface area (Å²) in [6, 6.07) is 6.42. The number of nitrogens with zero attached hydrogens (tertiary/aromatic N) is 3. The molecule has 144 valence electrons. The second-order valence-electron chi connectivity index (χ2n) is 6.95. The highest BCUT2D eigenvalue weighted by atomic mass is 19.4. The van der Waals surface area contributed by atoms with Crippen molar-refractivity contribution < 1.29 is 27.9 Å². The molecule has 1 atom stereocenters. The van der Waals surface area contributed by atoms with Gasteiger partial charge in [0.2, 0.25) is 0 Å². The van der Waals surface area contributed by atoms with Gasteiger partial charge < -0.3 is 10.0 Å². The number of benzene rings is 1. The molecule has 6 nitrogen and oxygen atoms in total. The molecule has 27 heavy (non-hydrogen) atoms. The lowest BCUT2D eigenvalue weighted by Gasteiger charge is -2.21. The number of carboxylic acid groups (broad SMARTS) is 1. The third kappa shape index (κ3) is 3.29. The Kier molecular flexibility index (Phi) is 4.49. The largest absolute Gasteiger partial charge is 0.481 e. The van der Waals surface area contributed by atoms with Gasteiger partial charge in [-0.15, -0.1) is 0 Å². The van der Waals surface area contributed by atoms with Crippen molar-refractivity contribution in [3.63, 3.8) is 0 Å². The molecule has 1 aromatic carbocycles. The third-order valence-corrected chi connectivity index (χ3v) is 4.89. The molecule has 0 spiro atoms. The zero-order valence-electron chi connectivity index (χ0n) is 14.7. The summed E-state index contributed by atoms with van der Waals surface area (Å²) in [5.41, 5.74) is -2.11. The molecule has 2 heterocycles. The Labute approximate surface area is 153 Å². The van der Waals surface area contributed by atoms with Crippen LogP contribution >= 0.6 is 0 Å². The molecule has 1 aliphatic rings. The summed E-state index contributed by atoms with van der Waals surface area (Å²) < 4.78 is 42.0. The van der Waals surface area contributed by atoms with E-state index >= 15 is 0 Å². The quantitative estimate of drug-likeness (QED) is 0.886. The van der Waals surface area contributed by atoms with Gasteiger partial charge in [0, 0.05) is 13.1 Å². The van der Waals surface area contributed by atoms with E-state index in [-0.39, 0.29) is 25.2 Å². The van der Waals surface area contributed by atoms with Gasteiger partial charge >= 0.3 is 12.1 Å². The van der Waals surface area contributed by atoms with Gasteiger partial charge in [-0.1, -0.05) is 18.2 Å². The fraction of sp³-hybridized carbons (Fsp3) is 0.389. The number of carbonyl (C=O) groups excluding carboxylic acids is 1. The van der Waals surface area contributed by atoms with E-state index in [4.69, 9.17) is 0 Å². The van der Waals surface area contributed by atoms with Crippen molar-refractivity contribution in [3.05, 3.63) is 47.3 Å². The summed E-state index contributed by atoms with van der Waals surface area (Å²) in [6.45, 7) is 3.06. The van der Waals surface area contributed by atoms with Crippen molar-refractivity contribution in [2.45, 2.75) is 26.4 Å². The van der Waals surface area contributed by atoms with E-state index < -0.39 is 34.7 Å². The Balaban J connectivity index is 2.04. The van der Waals surface area contributed by atoms with Crippen LogP contribution in [0.4, 0.5) is 13.2 Å². The average Bonchev–Trinajstić information content (AvgIpc) is 3.19. The molecular weight excluding hydrogens is 363 g/mol. The number of carboxylic acids is 1. The number of carbonyl (C=O) groups is 2. The van der Waals surface area contributed by atoms with Crippen molar-refractivity contribution >= 4 is 11.9 Å². The zero-order valence-corrected chi connectivity index (χ0v) is 14.7. The minimum absolute atomic E-state index is 0.0779. The number of rotatable bonds is 3. The van der Waals surface area contributed by atoms with Gasteiger partial charge in [0.05, 0.1) is 22.9 Å². The Bertz CT molecular complexity index is 907. The molecule has 1 saturated heterocycles. The molecule has 1 fully saturated rings. The Morgan fingerprint density at radius 2 is 1.93 bits per heavy atom. The van der Waals surface area contributed by atoms with E-state index in [2.05, 4.69) is 5.10 Å². The maximum atomic E-state index is 13.8. The lowest BCUT2D eigenvalue weighted by molar-refractivity contribution is -0.147. The van der Waals surface area contributed by atoms with Crippen LogP contribution in [-0.4, -0.2) is 44.8 Å². The number of halogens is 3. The van der Waals surface area contributed by atoms with Crippen LogP contribution < -0.4 is 0 Å². The fourth-order valence-electron chi connectivity index (χ4n) is 3.24. The molecule has 1 aliphatic heterocycles. The normalized spacial score (nSPS) is 20.1. The maximum Gasteiger partial charge on any atom is 0.434 e. The third-order valence-electron chi connectivity index (χ3n) is 4.89. The highest BCUT2D eigenvalue weighted by molar-refractivity contribution is 5.96. The number of amides is 1. The van der Waals surface area contributed by atoms with Crippen LogP contribution in [0.5, 0.6) is 0 Å². The van der Waals surface area contributed by atoms with Crippen molar-refractivity contribution in [2.24, 2.45) is 5.41 Å². The summed E-state index contributed by atoms with van der Waals surface area (Å²) in [7, 11) is 0. The fourth-order valence-corrected chi connectivity index (χ4v) is 3.24. The number of alkyl halides is 3. The van der Waals surface area contributed by atoms with Gasteiger partial charge in [-0.25, -0.2) is 4.68 Å². The molecule has 1 N–H and O–H groups in total. The molecule has 0 bridgehead atoms. The van der Waals surface area contributed by atoms with Gasteiger partial charge in [-0.05, 0) is 31.9 Å². The number of para-hydroxylation sites is 1. The van der Waals surface area contributed by atoms with Crippen molar-refractivity contribution in [1.82, 2.24) is 14.7 Å². The number of aromatic nitrogens is 2. The molecule has 0 saturated carbocycles.